The minimum atomic E-state index is -0.498. The van der Waals surface area contributed by atoms with E-state index in [2.05, 4.69) is 4.90 Å². The lowest BCUT2D eigenvalue weighted by Gasteiger charge is -2.34. The molecule has 0 aliphatic carbocycles. The summed E-state index contributed by atoms with van der Waals surface area (Å²) >= 11 is 0. The Morgan fingerprint density at radius 2 is 1.62 bits per heavy atom. The number of hydrogen-bond donors (Lipinski definition) is 0. The summed E-state index contributed by atoms with van der Waals surface area (Å²) in [5.74, 6) is -0.702. The zero-order valence-electron chi connectivity index (χ0n) is 16.4. The van der Waals surface area contributed by atoms with Crippen molar-refractivity contribution in [2.75, 3.05) is 45.2 Å². The third-order valence-corrected chi connectivity index (χ3v) is 5.32. The first-order valence-electron chi connectivity index (χ1n) is 9.46. The Kier molecular flexibility index (Phi) is 5.07. The summed E-state index contributed by atoms with van der Waals surface area (Å²) < 4.78 is 19.0. The van der Waals surface area contributed by atoms with Crippen molar-refractivity contribution in [1.29, 1.82) is 0 Å². The molecule has 1 saturated heterocycles. The molecule has 2 aliphatic heterocycles. The van der Waals surface area contributed by atoms with Gasteiger partial charge < -0.3 is 14.5 Å². The van der Waals surface area contributed by atoms with Crippen molar-refractivity contribution in [3.63, 3.8) is 0 Å². The molecule has 2 aromatic rings. The highest BCUT2D eigenvalue weighted by Crippen LogP contribution is 2.35. The van der Waals surface area contributed by atoms with E-state index in [0.29, 0.717) is 35.7 Å². The molecule has 2 aromatic carbocycles. The van der Waals surface area contributed by atoms with Gasteiger partial charge in [0.25, 0.3) is 11.8 Å². The van der Waals surface area contributed by atoms with Gasteiger partial charge in [-0.3, -0.25) is 9.59 Å². The number of rotatable bonds is 4. The molecule has 0 bridgehead atoms. The summed E-state index contributed by atoms with van der Waals surface area (Å²) in [5.41, 5.74) is 1.58. The normalized spacial score (nSPS) is 18.0. The van der Waals surface area contributed by atoms with E-state index < -0.39 is 17.6 Å². The van der Waals surface area contributed by atoms with Crippen molar-refractivity contribution >= 4 is 23.1 Å². The quantitative estimate of drug-likeness (QED) is 0.744. The highest BCUT2D eigenvalue weighted by molar-refractivity contribution is 6.45. The number of piperazine rings is 1. The second-order valence-electron chi connectivity index (χ2n) is 7.17. The SMILES string of the molecule is COc1ccc(C2=C(N3CCN(C)CC3)C(=O)N(c3cccc(F)c3)C2=O)cc1. The molecule has 0 radical (unpaired) electrons. The molecule has 29 heavy (non-hydrogen) atoms. The number of imide groups is 1. The number of benzene rings is 2. The lowest BCUT2D eigenvalue weighted by atomic mass is 10.0. The molecular formula is C22H22FN3O3. The van der Waals surface area contributed by atoms with Crippen molar-refractivity contribution in [2.45, 2.75) is 0 Å². The molecule has 0 N–H and O–H groups in total. The van der Waals surface area contributed by atoms with Gasteiger partial charge >= 0.3 is 0 Å². The summed E-state index contributed by atoms with van der Waals surface area (Å²) in [4.78, 5) is 31.9. The maximum atomic E-state index is 13.8. The Bertz CT molecular complexity index is 979. The van der Waals surface area contributed by atoms with Crippen LogP contribution in [0, 0.1) is 5.82 Å². The van der Waals surface area contributed by atoms with Crippen LogP contribution < -0.4 is 9.64 Å². The van der Waals surface area contributed by atoms with E-state index in [-0.39, 0.29) is 5.69 Å². The first kappa shape index (κ1) is 19.1. The number of likely N-dealkylation sites (N-methyl/N-ethyl adjacent to an activating group) is 1. The lowest BCUT2D eigenvalue weighted by Crippen LogP contribution is -2.46. The second-order valence-corrected chi connectivity index (χ2v) is 7.17. The predicted octanol–water partition coefficient (Wildman–Crippen LogP) is 2.37. The van der Waals surface area contributed by atoms with E-state index in [1.807, 2.05) is 11.9 Å². The molecule has 0 aromatic heterocycles. The summed E-state index contributed by atoms with van der Waals surface area (Å²) in [7, 11) is 3.59. The van der Waals surface area contributed by atoms with Crippen LogP contribution in [0.2, 0.25) is 0 Å². The van der Waals surface area contributed by atoms with Gasteiger partial charge in [-0.2, -0.15) is 0 Å². The first-order valence-corrected chi connectivity index (χ1v) is 9.46. The molecule has 150 valence electrons. The number of carbonyl (C=O) groups is 2. The largest absolute Gasteiger partial charge is 0.497 e. The number of carbonyl (C=O) groups excluding carboxylic acids is 2. The summed E-state index contributed by atoms with van der Waals surface area (Å²) in [6.07, 6.45) is 0. The van der Waals surface area contributed by atoms with Crippen LogP contribution >= 0.6 is 0 Å². The number of amides is 2. The molecule has 0 unspecified atom stereocenters. The average Bonchev–Trinajstić information content (AvgIpc) is 2.99. The van der Waals surface area contributed by atoms with Crippen molar-refractivity contribution in [3.8, 4) is 5.75 Å². The molecule has 0 spiro atoms. The number of hydrogen-bond acceptors (Lipinski definition) is 5. The van der Waals surface area contributed by atoms with Crippen LogP contribution in [-0.2, 0) is 9.59 Å². The summed E-state index contributed by atoms with van der Waals surface area (Å²) in [6.45, 7) is 2.87. The molecule has 0 saturated carbocycles. The molecule has 7 heteroatoms. The third-order valence-electron chi connectivity index (χ3n) is 5.32. The van der Waals surface area contributed by atoms with Crippen LogP contribution in [0.4, 0.5) is 10.1 Å². The average molecular weight is 395 g/mol. The zero-order chi connectivity index (χ0) is 20.5. The number of anilines is 1. The van der Waals surface area contributed by atoms with Crippen LogP contribution in [0.3, 0.4) is 0 Å². The van der Waals surface area contributed by atoms with Gasteiger partial charge in [0.15, 0.2) is 0 Å². The predicted molar refractivity (Wildman–Crippen MR) is 108 cm³/mol. The van der Waals surface area contributed by atoms with Gasteiger partial charge in [0.1, 0.15) is 17.3 Å². The molecular weight excluding hydrogens is 373 g/mol. The Labute approximate surface area is 168 Å². The first-order chi connectivity index (χ1) is 14.0. The number of ether oxygens (including phenoxy) is 1. The van der Waals surface area contributed by atoms with Crippen LogP contribution in [0.25, 0.3) is 5.57 Å². The van der Waals surface area contributed by atoms with Crippen LogP contribution in [0.1, 0.15) is 5.56 Å². The number of nitrogens with zero attached hydrogens (tertiary/aromatic N) is 3. The standard InChI is InChI=1S/C22H22FN3O3/c1-24-10-12-25(13-11-24)20-19(15-6-8-18(29-2)9-7-15)21(27)26(22(20)28)17-5-3-4-16(23)14-17/h3-9,14H,10-13H2,1-2H3. The lowest BCUT2D eigenvalue weighted by molar-refractivity contribution is -0.120. The van der Waals surface area contributed by atoms with Crippen molar-refractivity contribution in [1.82, 2.24) is 9.80 Å². The van der Waals surface area contributed by atoms with Crippen LogP contribution in [0.15, 0.2) is 54.2 Å². The fourth-order valence-corrected chi connectivity index (χ4v) is 3.71. The van der Waals surface area contributed by atoms with Crippen LogP contribution in [-0.4, -0.2) is 62.0 Å². The molecule has 2 heterocycles. The van der Waals surface area contributed by atoms with Crippen molar-refractivity contribution in [3.05, 3.63) is 65.6 Å². The van der Waals surface area contributed by atoms with E-state index in [1.165, 1.54) is 18.2 Å². The summed E-state index contributed by atoms with van der Waals surface area (Å²) in [5, 5.41) is 0. The Morgan fingerprint density at radius 3 is 2.24 bits per heavy atom. The number of methoxy groups -OCH3 is 1. The Morgan fingerprint density at radius 1 is 0.931 bits per heavy atom. The smallest absolute Gasteiger partial charge is 0.282 e. The minimum Gasteiger partial charge on any atom is -0.497 e. The van der Waals surface area contributed by atoms with Gasteiger partial charge in [0.05, 0.1) is 18.4 Å². The van der Waals surface area contributed by atoms with E-state index in [4.69, 9.17) is 4.74 Å². The molecule has 6 nitrogen and oxygen atoms in total. The fraction of sp³-hybridized carbons (Fsp3) is 0.273. The molecule has 2 aliphatic rings. The van der Waals surface area contributed by atoms with E-state index in [1.54, 1.807) is 37.4 Å². The monoisotopic (exact) mass is 395 g/mol. The topological polar surface area (TPSA) is 53.1 Å². The molecule has 4 rings (SSSR count). The highest BCUT2D eigenvalue weighted by atomic mass is 19.1. The van der Waals surface area contributed by atoms with Gasteiger partial charge in [-0.1, -0.05) is 18.2 Å². The zero-order valence-corrected chi connectivity index (χ0v) is 16.4. The molecule has 1 fully saturated rings. The van der Waals surface area contributed by atoms with Crippen LogP contribution in [0.5, 0.6) is 5.75 Å². The van der Waals surface area contributed by atoms with E-state index in [0.717, 1.165) is 18.0 Å². The van der Waals surface area contributed by atoms with Crippen molar-refractivity contribution < 1.29 is 18.7 Å². The minimum absolute atomic E-state index is 0.232. The van der Waals surface area contributed by atoms with E-state index >= 15 is 0 Å². The fourth-order valence-electron chi connectivity index (χ4n) is 3.71. The third kappa shape index (κ3) is 3.49. The van der Waals surface area contributed by atoms with Crippen molar-refractivity contribution in [2.24, 2.45) is 0 Å². The van der Waals surface area contributed by atoms with Gasteiger partial charge in [0, 0.05) is 26.2 Å². The number of halogens is 1. The Hall–Kier alpha value is -3.19. The highest BCUT2D eigenvalue weighted by Gasteiger charge is 2.43. The van der Waals surface area contributed by atoms with Gasteiger partial charge in [0.2, 0.25) is 0 Å². The molecule has 2 amide bonds. The maximum Gasteiger partial charge on any atom is 0.282 e. The molecule has 0 atom stereocenters. The van der Waals surface area contributed by atoms with E-state index in [9.17, 15) is 14.0 Å². The maximum absolute atomic E-state index is 13.8. The Balaban J connectivity index is 1.80. The summed E-state index contributed by atoms with van der Waals surface area (Å²) in [6, 6.07) is 12.6. The van der Waals surface area contributed by atoms with Gasteiger partial charge in [-0.25, -0.2) is 9.29 Å². The van der Waals surface area contributed by atoms with Gasteiger partial charge in [-0.05, 0) is 42.9 Å². The second kappa shape index (κ2) is 7.67. The van der Waals surface area contributed by atoms with Gasteiger partial charge in [-0.15, -0.1) is 0 Å².